The van der Waals surface area contributed by atoms with Crippen LogP contribution in [-0.4, -0.2) is 58.4 Å². The van der Waals surface area contributed by atoms with E-state index in [1.807, 2.05) is 73.6 Å². The Morgan fingerprint density at radius 1 is 0.808 bits per heavy atom. The van der Waals surface area contributed by atoms with Gasteiger partial charge in [0.15, 0.2) is 0 Å². The predicted molar refractivity (Wildman–Crippen MR) is 205 cm³/mol. The second-order valence-electron chi connectivity index (χ2n) is 13.2. The number of aromatic nitrogens is 1. The Balaban J connectivity index is 2.10. The molecule has 11 nitrogen and oxygen atoms in total. The quantitative estimate of drug-likeness (QED) is 0.201. The number of rotatable bonds is 12. The number of aryl methyl sites for hydroxylation is 1. The van der Waals surface area contributed by atoms with Gasteiger partial charge in [-0.1, -0.05) is 12.2 Å². The summed E-state index contributed by atoms with van der Waals surface area (Å²) in [4.78, 5) is 68.0. The van der Waals surface area contributed by atoms with Crippen LogP contribution < -0.4 is 27.1 Å². The first-order valence-corrected chi connectivity index (χ1v) is 17.4. The molecule has 1 aromatic rings. The Labute approximate surface area is 305 Å². The minimum atomic E-state index is -0.930. The highest BCUT2D eigenvalue weighted by Crippen LogP contribution is 2.31. The molecule has 2 aliphatic heterocycles. The van der Waals surface area contributed by atoms with E-state index >= 15 is 0 Å². The molecule has 0 radical (unpaired) electrons. The maximum absolute atomic E-state index is 13.0. The first kappa shape index (κ1) is 40.8. The lowest BCUT2D eigenvalue weighted by Crippen LogP contribution is -2.38. The molecule has 4 bridgehead atoms. The zero-order valence-electron chi connectivity index (χ0n) is 31.5. The number of nitrogens with two attached hydrogens (primary N) is 1. The number of hydrogen-bond donors (Lipinski definition) is 5. The highest BCUT2D eigenvalue weighted by Gasteiger charge is 2.17. The number of carbonyl (C=O) groups is 5. The van der Waals surface area contributed by atoms with Crippen molar-refractivity contribution in [2.75, 3.05) is 13.1 Å². The summed E-state index contributed by atoms with van der Waals surface area (Å²) in [5.41, 5.74) is 16.4. The fourth-order valence-corrected chi connectivity index (χ4v) is 6.17. The Morgan fingerprint density at radius 3 is 2.15 bits per heavy atom. The van der Waals surface area contributed by atoms with Crippen molar-refractivity contribution in [3.8, 4) is 0 Å². The summed E-state index contributed by atoms with van der Waals surface area (Å²) in [5, 5.41) is 16.4. The Bertz CT molecular complexity index is 2040. The Hall–Kier alpha value is -5.58. The van der Waals surface area contributed by atoms with Crippen molar-refractivity contribution >= 4 is 47.3 Å². The third-order valence-electron chi connectivity index (χ3n) is 9.22. The van der Waals surface area contributed by atoms with Gasteiger partial charge in [0.25, 0.3) is 5.91 Å². The van der Waals surface area contributed by atoms with Gasteiger partial charge in [0.05, 0.1) is 18.0 Å². The molecular formula is C41H51N5O6. The van der Waals surface area contributed by atoms with Gasteiger partial charge in [-0.3, -0.25) is 24.0 Å². The van der Waals surface area contributed by atoms with Gasteiger partial charge in [-0.2, -0.15) is 0 Å². The van der Waals surface area contributed by atoms with Crippen LogP contribution in [0.3, 0.4) is 0 Å². The Kier molecular flexibility index (Phi) is 14.6. The summed E-state index contributed by atoms with van der Waals surface area (Å²) in [5.74, 6) is -3.63. The first-order chi connectivity index (χ1) is 24.5. The number of nitrogens with one attached hydrogen (secondary N) is 3. The maximum atomic E-state index is 13.0. The summed E-state index contributed by atoms with van der Waals surface area (Å²) in [6, 6.07) is 2.09. The highest BCUT2D eigenvalue weighted by molar-refractivity contribution is 6.36. The van der Waals surface area contributed by atoms with Crippen LogP contribution in [0.25, 0.3) is 12.2 Å². The standard InChI is InChI=1S/C41H51N5O6/c1-9-30-20-35-26(5)19-32(46-35)21-36-27(6)18-31(45-36)17-23(2)28(7)33(24(3)16-25(4)34(29(30)8)11-13-40(50)51)10-12-39(49)43-15-14-37(47)41(52)44-22-38(42)48/h9,16-21,45H,10-15,22H2,1-8H3,(H2,42,48)(H,43,49)(H,44,52)(H,50,51)/b25-16+,28-23+,30-9+,31-17-,33-24+,34-29-,35-20-,36-21?. The average molecular weight is 710 g/mol. The average Bonchev–Trinajstić information content (AvgIpc) is 3.60. The second kappa shape index (κ2) is 18.6. The van der Waals surface area contributed by atoms with E-state index in [-0.39, 0.29) is 31.7 Å². The van der Waals surface area contributed by atoms with E-state index in [2.05, 4.69) is 39.9 Å². The molecule has 1 aromatic heterocycles. The number of Topliss-reactive ketones (excluding diaryl/α,β-unsaturated/α-hetero) is 1. The van der Waals surface area contributed by atoms with Gasteiger partial charge >= 0.3 is 5.97 Å². The van der Waals surface area contributed by atoms with E-state index < -0.39 is 30.1 Å². The van der Waals surface area contributed by atoms with Crippen molar-refractivity contribution in [3.05, 3.63) is 102 Å². The molecule has 11 heteroatoms. The molecule has 52 heavy (non-hydrogen) atoms. The molecule has 276 valence electrons. The fourth-order valence-electron chi connectivity index (χ4n) is 6.17. The summed E-state index contributed by atoms with van der Waals surface area (Å²) in [6.45, 7) is 15.6. The van der Waals surface area contributed by atoms with Crippen molar-refractivity contribution in [1.82, 2.24) is 15.6 Å². The number of amides is 3. The smallest absolute Gasteiger partial charge is 0.303 e. The van der Waals surface area contributed by atoms with Crippen molar-refractivity contribution in [2.45, 2.75) is 87.5 Å². The van der Waals surface area contributed by atoms with Crippen LogP contribution in [0.1, 0.15) is 86.1 Å². The van der Waals surface area contributed by atoms with Gasteiger partial charge in [-0.15, -0.1) is 0 Å². The number of aromatic amines is 1. The number of nitrogens with zero attached hydrogens (tertiary/aromatic N) is 1. The molecule has 0 aliphatic carbocycles. The monoisotopic (exact) mass is 709 g/mol. The number of aliphatic carboxylic acids is 1. The number of aliphatic imine (C=N–C) groups is 1. The molecule has 3 amide bonds. The number of carboxylic acid groups (broad SMARTS) is 1. The topological polar surface area (TPSA) is 184 Å². The van der Waals surface area contributed by atoms with E-state index in [0.717, 1.165) is 77.8 Å². The second-order valence-corrected chi connectivity index (χ2v) is 13.2. The van der Waals surface area contributed by atoms with E-state index in [4.69, 9.17) is 10.7 Å². The van der Waals surface area contributed by atoms with Crippen molar-refractivity contribution < 1.29 is 29.1 Å². The van der Waals surface area contributed by atoms with E-state index in [1.165, 1.54) is 0 Å². The van der Waals surface area contributed by atoms with Gasteiger partial charge < -0.3 is 26.5 Å². The van der Waals surface area contributed by atoms with Gasteiger partial charge in [-0.05, 0) is 154 Å². The van der Waals surface area contributed by atoms with Crippen molar-refractivity contribution in [1.29, 1.82) is 0 Å². The zero-order valence-corrected chi connectivity index (χ0v) is 31.5. The summed E-state index contributed by atoms with van der Waals surface area (Å²) in [6.07, 6.45) is 12.9. The molecule has 3 heterocycles. The zero-order chi connectivity index (χ0) is 38.7. The third-order valence-corrected chi connectivity index (χ3v) is 9.22. The van der Waals surface area contributed by atoms with Crippen LogP contribution in [0.2, 0.25) is 0 Å². The van der Waals surface area contributed by atoms with Gasteiger partial charge in [-0.25, -0.2) is 4.99 Å². The molecule has 0 saturated carbocycles. The number of ketones is 1. The molecule has 0 aromatic carbocycles. The summed E-state index contributed by atoms with van der Waals surface area (Å²) >= 11 is 0. The number of H-pyrrole nitrogens is 1. The van der Waals surface area contributed by atoms with Gasteiger partial charge in [0.1, 0.15) is 0 Å². The molecule has 0 unspecified atom stereocenters. The summed E-state index contributed by atoms with van der Waals surface area (Å²) < 4.78 is 0. The number of allylic oxidation sites excluding steroid dienone is 13. The van der Waals surface area contributed by atoms with Crippen LogP contribution in [-0.2, 0) is 24.0 Å². The van der Waals surface area contributed by atoms with Crippen molar-refractivity contribution in [2.24, 2.45) is 10.7 Å². The summed E-state index contributed by atoms with van der Waals surface area (Å²) in [7, 11) is 0. The molecule has 0 saturated heterocycles. The van der Waals surface area contributed by atoms with Crippen LogP contribution in [0.5, 0.6) is 0 Å². The Morgan fingerprint density at radius 2 is 1.50 bits per heavy atom. The van der Waals surface area contributed by atoms with Gasteiger partial charge in [0.2, 0.25) is 17.6 Å². The molecular weight excluding hydrogens is 658 g/mol. The first-order valence-electron chi connectivity index (χ1n) is 17.4. The SMILES string of the molecule is C/C=C1\C=C2/N=C(C=C2C)C=c2[nH]\c(cc2C)=C/C(C)=C(C)/C(CCC(=O)NCCC(=O)C(=O)NCC(N)=O)=C(C)/C=C(C)/C(CCC(=O)O)=C\1C. The fraction of sp³-hybridized carbons (Fsp3) is 0.366. The van der Waals surface area contributed by atoms with Crippen LogP contribution in [0.15, 0.2) is 91.2 Å². The minimum absolute atomic E-state index is 0.0315. The number of carbonyl (C=O) groups excluding carboxylic acids is 4. The number of hydrogen-bond acceptors (Lipinski definition) is 6. The molecule has 0 atom stereocenters. The third kappa shape index (κ3) is 11.5. The van der Waals surface area contributed by atoms with Crippen LogP contribution in [0, 0.1) is 6.92 Å². The van der Waals surface area contributed by atoms with E-state index in [1.54, 1.807) is 0 Å². The highest BCUT2D eigenvalue weighted by atomic mass is 16.4. The lowest BCUT2D eigenvalue weighted by Gasteiger charge is -2.17. The molecule has 6 N–H and O–H groups in total. The molecule has 2 aliphatic rings. The van der Waals surface area contributed by atoms with Crippen LogP contribution in [0.4, 0.5) is 0 Å². The number of carboxylic acids is 1. The number of primary amides is 1. The van der Waals surface area contributed by atoms with Crippen molar-refractivity contribution in [3.63, 3.8) is 0 Å². The molecule has 3 rings (SSSR count). The lowest BCUT2D eigenvalue weighted by molar-refractivity contribution is -0.138. The number of fused-ring (bicyclic) bond motifs is 3. The largest absolute Gasteiger partial charge is 0.481 e. The molecule has 0 fully saturated rings. The van der Waals surface area contributed by atoms with E-state index in [0.29, 0.717) is 12.8 Å². The minimum Gasteiger partial charge on any atom is -0.481 e. The van der Waals surface area contributed by atoms with Crippen LogP contribution >= 0.6 is 0 Å². The normalized spacial score (nSPS) is 23.0. The maximum Gasteiger partial charge on any atom is 0.303 e. The van der Waals surface area contributed by atoms with E-state index in [9.17, 15) is 29.1 Å². The molecule has 0 spiro atoms. The lowest BCUT2D eigenvalue weighted by atomic mass is 9.88. The van der Waals surface area contributed by atoms with Gasteiger partial charge in [0, 0.05) is 36.5 Å². The predicted octanol–water partition coefficient (Wildman–Crippen LogP) is 4.37.